The molecule has 0 aromatic carbocycles. The number of aryl methyl sites for hydroxylation is 2. The van der Waals surface area contributed by atoms with Crippen LogP contribution in [0.4, 0.5) is 0 Å². The standard InChI is InChI=1S/C17H28N4O2S2.HI/c1-13-11-15(14(2)24-13)25(22,23)20-9-8-19-16(18-3)21-10-7-17(12-21)5-4-6-17;/h11,20H,4-10,12H2,1-3H3,(H,18,19);1H. The molecule has 2 fully saturated rings. The van der Waals surface area contributed by atoms with E-state index in [0.29, 0.717) is 23.4 Å². The minimum Gasteiger partial charge on any atom is -0.355 e. The number of guanidine groups is 1. The number of hydrogen-bond donors (Lipinski definition) is 2. The second kappa shape index (κ2) is 8.74. The molecule has 2 heterocycles. The van der Waals surface area contributed by atoms with Crippen molar-refractivity contribution in [2.24, 2.45) is 10.4 Å². The van der Waals surface area contributed by atoms with Gasteiger partial charge in [-0.15, -0.1) is 35.3 Å². The maximum Gasteiger partial charge on any atom is 0.241 e. The van der Waals surface area contributed by atoms with Gasteiger partial charge in [0.15, 0.2) is 5.96 Å². The van der Waals surface area contributed by atoms with Gasteiger partial charge in [0, 0.05) is 43.0 Å². The van der Waals surface area contributed by atoms with Crippen molar-refractivity contribution in [3.05, 3.63) is 15.8 Å². The number of aliphatic imine (C=N–C) groups is 1. The highest BCUT2D eigenvalue weighted by Gasteiger charge is 2.43. The quantitative estimate of drug-likeness (QED) is 0.276. The maximum atomic E-state index is 12.4. The van der Waals surface area contributed by atoms with Gasteiger partial charge in [-0.25, -0.2) is 13.1 Å². The molecular formula is C17H29IN4O2S2. The van der Waals surface area contributed by atoms with E-state index in [9.17, 15) is 8.42 Å². The fourth-order valence-corrected chi connectivity index (χ4v) is 6.43. The lowest BCUT2D eigenvalue weighted by Crippen LogP contribution is -2.44. The summed E-state index contributed by atoms with van der Waals surface area (Å²) in [6, 6.07) is 1.73. The molecule has 0 unspecified atom stereocenters. The molecule has 6 nitrogen and oxygen atoms in total. The van der Waals surface area contributed by atoms with E-state index < -0.39 is 10.0 Å². The fraction of sp³-hybridized carbons (Fsp3) is 0.706. The molecule has 0 atom stereocenters. The molecule has 0 amide bonds. The van der Waals surface area contributed by atoms with Gasteiger partial charge < -0.3 is 10.2 Å². The zero-order valence-electron chi connectivity index (χ0n) is 15.7. The number of hydrogen-bond acceptors (Lipinski definition) is 4. The number of thiophene rings is 1. The van der Waals surface area contributed by atoms with E-state index in [0.717, 1.165) is 28.8 Å². The first-order valence-electron chi connectivity index (χ1n) is 8.88. The van der Waals surface area contributed by atoms with Crippen LogP contribution in [0, 0.1) is 19.3 Å². The van der Waals surface area contributed by atoms with Gasteiger partial charge in [-0.3, -0.25) is 4.99 Å². The van der Waals surface area contributed by atoms with Crippen molar-refractivity contribution in [2.45, 2.75) is 44.4 Å². The molecule has 1 spiro atoms. The maximum absolute atomic E-state index is 12.4. The largest absolute Gasteiger partial charge is 0.355 e. The SMILES string of the molecule is CN=C(NCCNS(=O)(=O)c1cc(C)sc1C)N1CCC2(CCC2)C1.I. The molecule has 26 heavy (non-hydrogen) atoms. The third-order valence-electron chi connectivity index (χ3n) is 5.35. The van der Waals surface area contributed by atoms with Gasteiger partial charge >= 0.3 is 0 Å². The second-order valence-corrected chi connectivity index (χ2v) is 10.4. The van der Waals surface area contributed by atoms with Gasteiger partial charge in [0.1, 0.15) is 0 Å². The first-order valence-corrected chi connectivity index (χ1v) is 11.2. The second-order valence-electron chi connectivity index (χ2n) is 7.17. The van der Waals surface area contributed by atoms with Crippen molar-refractivity contribution in [3.63, 3.8) is 0 Å². The lowest BCUT2D eigenvalue weighted by Gasteiger charge is -2.38. The van der Waals surface area contributed by atoms with Gasteiger partial charge in [-0.05, 0) is 44.6 Å². The Balaban J connectivity index is 0.00000243. The van der Waals surface area contributed by atoms with Crippen LogP contribution in [0.25, 0.3) is 0 Å². The predicted octanol–water partition coefficient (Wildman–Crippen LogP) is 2.71. The summed E-state index contributed by atoms with van der Waals surface area (Å²) in [6.07, 6.45) is 5.26. The minimum atomic E-state index is -3.44. The summed E-state index contributed by atoms with van der Waals surface area (Å²) in [6.45, 7) is 6.75. The molecular weight excluding hydrogens is 483 g/mol. The molecule has 2 aliphatic rings. The summed E-state index contributed by atoms with van der Waals surface area (Å²) in [7, 11) is -1.65. The van der Waals surface area contributed by atoms with E-state index in [2.05, 4.69) is 19.9 Å². The van der Waals surface area contributed by atoms with Gasteiger partial charge in [-0.2, -0.15) is 0 Å². The normalized spacial score (nSPS) is 19.3. The molecule has 1 aliphatic heterocycles. The summed E-state index contributed by atoms with van der Waals surface area (Å²) in [5, 5.41) is 3.29. The smallest absolute Gasteiger partial charge is 0.241 e. The number of sulfonamides is 1. The highest BCUT2D eigenvalue weighted by molar-refractivity contribution is 14.0. The van der Waals surface area contributed by atoms with E-state index >= 15 is 0 Å². The summed E-state index contributed by atoms with van der Waals surface area (Å²) >= 11 is 1.51. The van der Waals surface area contributed by atoms with Crippen LogP contribution in [-0.2, 0) is 10.0 Å². The van der Waals surface area contributed by atoms with Crippen LogP contribution in [0.15, 0.2) is 16.0 Å². The van der Waals surface area contributed by atoms with Crippen LogP contribution in [0.2, 0.25) is 0 Å². The summed E-state index contributed by atoms with van der Waals surface area (Å²) in [5.74, 6) is 0.880. The molecule has 3 rings (SSSR count). The van der Waals surface area contributed by atoms with E-state index in [1.54, 1.807) is 13.1 Å². The fourth-order valence-electron chi connectivity index (χ4n) is 3.84. The number of halogens is 1. The monoisotopic (exact) mass is 512 g/mol. The molecule has 1 aromatic heterocycles. The summed E-state index contributed by atoms with van der Waals surface area (Å²) in [4.78, 5) is 8.90. The Kier molecular flexibility index (Phi) is 7.37. The highest BCUT2D eigenvalue weighted by Crippen LogP contribution is 2.47. The zero-order valence-corrected chi connectivity index (χ0v) is 19.6. The van der Waals surface area contributed by atoms with Crippen LogP contribution in [0.5, 0.6) is 0 Å². The van der Waals surface area contributed by atoms with E-state index in [4.69, 9.17) is 0 Å². The molecule has 0 radical (unpaired) electrons. The number of nitrogens with zero attached hydrogens (tertiary/aromatic N) is 2. The van der Waals surface area contributed by atoms with Crippen molar-refractivity contribution >= 4 is 51.3 Å². The molecule has 9 heteroatoms. The topological polar surface area (TPSA) is 73.8 Å². The Morgan fingerprint density at radius 2 is 2.04 bits per heavy atom. The highest BCUT2D eigenvalue weighted by atomic mass is 127. The average Bonchev–Trinajstić information content (AvgIpc) is 3.11. The van der Waals surface area contributed by atoms with Gasteiger partial charge in [0.2, 0.25) is 10.0 Å². The molecule has 1 aliphatic carbocycles. The third kappa shape index (κ3) is 4.71. The Bertz CT molecular complexity index is 757. The Morgan fingerprint density at radius 1 is 1.31 bits per heavy atom. The van der Waals surface area contributed by atoms with Crippen LogP contribution in [0.1, 0.15) is 35.4 Å². The lowest BCUT2D eigenvalue weighted by atomic mass is 9.68. The number of rotatable bonds is 5. The molecule has 1 saturated carbocycles. The minimum absolute atomic E-state index is 0. The Morgan fingerprint density at radius 3 is 2.54 bits per heavy atom. The van der Waals surface area contributed by atoms with E-state index in [-0.39, 0.29) is 24.0 Å². The van der Waals surface area contributed by atoms with Gasteiger partial charge in [0.05, 0.1) is 4.90 Å². The zero-order chi connectivity index (χ0) is 18.1. The molecule has 1 saturated heterocycles. The first-order chi connectivity index (χ1) is 11.9. The number of likely N-dealkylation sites (tertiary alicyclic amines) is 1. The van der Waals surface area contributed by atoms with Gasteiger partial charge in [0.25, 0.3) is 0 Å². The third-order valence-corrected chi connectivity index (χ3v) is 8.03. The lowest BCUT2D eigenvalue weighted by molar-refractivity contribution is 0.151. The van der Waals surface area contributed by atoms with Crippen molar-refractivity contribution < 1.29 is 8.42 Å². The average molecular weight is 512 g/mol. The van der Waals surface area contributed by atoms with Crippen molar-refractivity contribution in [1.29, 1.82) is 0 Å². The molecule has 0 bridgehead atoms. The molecule has 1 aromatic rings. The van der Waals surface area contributed by atoms with Crippen LogP contribution < -0.4 is 10.0 Å². The Hall–Kier alpha value is -0.390. The number of nitrogens with one attached hydrogen (secondary N) is 2. The van der Waals surface area contributed by atoms with Crippen LogP contribution in [-0.4, -0.2) is 52.5 Å². The van der Waals surface area contributed by atoms with E-state index in [1.165, 1.54) is 37.0 Å². The van der Waals surface area contributed by atoms with Crippen LogP contribution in [0.3, 0.4) is 0 Å². The summed E-state index contributed by atoms with van der Waals surface area (Å²) in [5.41, 5.74) is 0.521. The van der Waals surface area contributed by atoms with Crippen molar-refractivity contribution in [1.82, 2.24) is 14.9 Å². The van der Waals surface area contributed by atoms with Crippen LogP contribution >= 0.6 is 35.3 Å². The Labute approximate surface area is 177 Å². The first kappa shape index (κ1) is 21.9. The predicted molar refractivity (Wildman–Crippen MR) is 118 cm³/mol. The van der Waals surface area contributed by atoms with E-state index in [1.807, 2.05) is 13.8 Å². The summed E-state index contributed by atoms with van der Waals surface area (Å²) < 4.78 is 27.5. The van der Waals surface area contributed by atoms with Crippen molar-refractivity contribution in [2.75, 3.05) is 33.2 Å². The van der Waals surface area contributed by atoms with Crippen molar-refractivity contribution in [3.8, 4) is 0 Å². The molecule has 148 valence electrons. The van der Waals surface area contributed by atoms with Gasteiger partial charge in [-0.1, -0.05) is 6.42 Å². The molecule has 2 N–H and O–H groups in total.